The van der Waals surface area contributed by atoms with E-state index in [1.807, 2.05) is 18.3 Å². The van der Waals surface area contributed by atoms with Gasteiger partial charge in [-0.2, -0.15) is 4.98 Å². The number of anilines is 2. The molecule has 0 aliphatic rings. The molecule has 3 aromatic rings. The van der Waals surface area contributed by atoms with Crippen LogP contribution in [-0.2, 0) is 13.1 Å². The summed E-state index contributed by atoms with van der Waals surface area (Å²) in [7, 11) is 0. The summed E-state index contributed by atoms with van der Waals surface area (Å²) < 4.78 is 0. The Bertz CT molecular complexity index is 830. The summed E-state index contributed by atoms with van der Waals surface area (Å²) in [4.78, 5) is 11.4. The zero-order chi connectivity index (χ0) is 18.4. The van der Waals surface area contributed by atoms with Crippen LogP contribution in [0.4, 0.5) is 11.8 Å². The molecule has 0 bridgehead atoms. The van der Waals surface area contributed by atoms with Gasteiger partial charge < -0.3 is 10.2 Å². The Morgan fingerprint density at radius 1 is 0.962 bits per heavy atom. The lowest BCUT2D eigenvalue weighted by Gasteiger charge is -2.27. The highest BCUT2D eigenvalue weighted by atomic mass is 15.3. The number of benzene rings is 2. The Morgan fingerprint density at radius 2 is 1.73 bits per heavy atom. The Balaban J connectivity index is 1.73. The molecule has 0 atom stereocenters. The minimum atomic E-state index is 0.308. The molecule has 0 spiro atoms. The Hall–Kier alpha value is -2.88. The molecule has 1 N–H and O–H groups in total. The third-order valence-corrected chi connectivity index (χ3v) is 4.27. The fourth-order valence-electron chi connectivity index (χ4n) is 2.86. The first kappa shape index (κ1) is 17.9. The van der Waals surface area contributed by atoms with Gasteiger partial charge in [0.15, 0.2) is 0 Å². The lowest BCUT2D eigenvalue weighted by molar-refractivity contribution is 0.661. The van der Waals surface area contributed by atoms with E-state index in [9.17, 15) is 0 Å². The third-order valence-electron chi connectivity index (χ3n) is 4.27. The highest BCUT2D eigenvalue weighted by Crippen LogP contribution is 2.18. The molecule has 0 fully saturated rings. The van der Waals surface area contributed by atoms with Gasteiger partial charge in [0.2, 0.25) is 5.95 Å². The number of rotatable bonds is 7. The maximum atomic E-state index is 4.73. The molecule has 1 heterocycles. The van der Waals surface area contributed by atoms with Crippen molar-refractivity contribution in [2.45, 2.75) is 39.9 Å². The molecular formula is C22H26N4. The van der Waals surface area contributed by atoms with Crippen LogP contribution in [0.15, 0.2) is 66.9 Å². The summed E-state index contributed by atoms with van der Waals surface area (Å²) in [5, 5.41) is 3.41. The van der Waals surface area contributed by atoms with Gasteiger partial charge in [-0.05, 0) is 38.0 Å². The van der Waals surface area contributed by atoms with E-state index in [1.54, 1.807) is 0 Å². The second-order valence-electron chi connectivity index (χ2n) is 6.79. The van der Waals surface area contributed by atoms with Crippen LogP contribution in [-0.4, -0.2) is 16.0 Å². The van der Waals surface area contributed by atoms with Gasteiger partial charge in [-0.3, -0.25) is 0 Å². The summed E-state index contributed by atoms with van der Waals surface area (Å²) in [5.74, 6) is 1.59. The number of nitrogens with zero attached hydrogens (tertiary/aromatic N) is 3. The van der Waals surface area contributed by atoms with Gasteiger partial charge in [0.25, 0.3) is 0 Å². The van der Waals surface area contributed by atoms with Crippen LogP contribution in [0.1, 0.15) is 30.5 Å². The van der Waals surface area contributed by atoms with Crippen molar-refractivity contribution in [2.24, 2.45) is 0 Å². The Kier molecular flexibility index (Phi) is 5.84. The van der Waals surface area contributed by atoms with E-state index in [1.165, 1.54) is 16.7 Å². The van der Waals surface area contributed by atoms with Crippen molar-refractivity contribution in [1.29, 1.82) is 0 Å². The first-order valence-corrected chi connectivity index (χ1v) is 9.05. The molecule has 0 saturated carbocycles. The Morgan fingerprint density at radius 3 is 2.46 bits per heavy atom. The van der Waals surface area contributed by atoms with Gasteiger partial charge in [-0.15, -0.1) is 0 Å². The zero-order valence-corrected chi connectivity index (χ0v) is 15.7. The molecule has 2 aromatic carbocycles. The van der Waals surface area contributed by atoms with E-state index < -0.39 is 0 Å². The molecular weight excluding hydrogens is 320 g/mol. The van der Waals surface area contributed by atoms with E-state index in [-0.39, 0.29) is 0 Å². The van der Waals surface area contributed by atoms with Crippen molar-refractivity contribution >= 4 is 11.8 Å². The van der Waals surface area contributed by atoms with Crippen molar-refractivity contribution in [3.63, 3.8) is 0 Å². The molecule has 0 aliphatic heterocycles. The molecule has 26 heavy (non-hydrogen) atoms. The van der Waals surface area contributed by atoms with Gasteiger partial charge in [0.05, 0.1) is 0 Å². The second kappa shape index (κ2) is 8.48. The lowest BCUT2D eigenvalue weighted by atomic mass is 10.1. The lowest BCUT2D eigenvalue weighted by Crippen LogP contribution is -2.31. The average Bonchev–Trinajstić information content (AvgIpc) is 2.65. The van der Waals surface area contributed by atoms with E-state index in [0.717, 1.165) is 24.9 Å². The Labute approximate surface area is 155 Å². The number of aryl methyl sites for hydroxylation is 1. The SMILES string of the molecule is Cc1cccc(CNc2ccnc(N(Cc3ccccc3)C(C)C)n2)c1. The van der Waals surface area contributed by atoms with Crippen molar-refractivity contribution < 1.29 is 0 Å². The molecule has 4 nitrogen and oxygen atoms in total. The first-order valence-electron chi connectivity index (χ1n) is 9.05. The highest BCUT2D eigenvalue weighted by Gasteiger charge is 2.14. The van der Waals surface area contributed by atoms with Crippen LogP contribution >= 0.6 is 0 Å². The molecule has 0 aliphatic carbocycles. The largest absolute Gasteiger partial charge is 0.366 e. The molecule has 4 heteroatoms. The van der Waals surface area contributed by atoms with Crippen LogP contribution in [0.25, 0.3) is 0 Å². The highest BCUT2D eigenvalue weighted by molar-refractivity contribution is 5.43. The standard InChI is InChI=1S/C22H26N4/c1-17(2)26(16-19-9-5-4-6-10-19)22-23-13-12-21(25-22)24-15-20-11-7-8-18(3)14-20/h4-14,17H,15-16H2,1-3H3,(H,23,24,25). The average molecular weight is 346 g/mol. The fourth-order valence-corrected chi connectivity index (χ4v) is 2.86. The van der Waals surface area contributed by atoms with Crippen molar-refractivity contribution in [2.75, 3.05) is 10.2 Å². The predicted octanol–water partition coefficient (Wildman–Crippen LogP) is 4.81. The van der Waals surface area contributed by atoms with Crippen LogP contribution < -0.4 is 10.2 Å². The first-order chi connectivity index (χ1) is 12.6. The predicted molar refractivity (Wildman–Crippen MR) is 108 cm³/mol. The molecule has 0 unspecified atom stereocenters. The van der Waals surface area contributed by atoms with E-state index in [0.29, 0.717) is 6.04 Å². The topological polar surface area (TPSA) is 41.1 Å². The molecule has 0 radical (unpaired) electrons. The summed E-state index contributed by atoms with van der Waals surface area (Å²) in [6.45, 7) is 7.98. The second-order valence-corrected chi connectivity index (χ2v) is 6.79. The maximum absolute atomic E-state index is 4.73. The molecule has 0 amide bonds. The number of hydrogen-bond donors (Lipinski definition) is 1. The van der Waals surface area contributed by atoms with Crippen molar-refractivity contribution in [3.8, 4) is 0 Å². The monoisotopic (exact) mass is 346 g/mol. The minimum Gasteiger partial charge on any atom is -0.366 e. The van der Waals surface area contributed by atoms with Gasteiger partial charge in [0, 0.05) is 25.3 Å². The van der Waals surface area contributed by atoms with Crippen LogP contribution in [0.3, 0.4) is 0 Å². The summed E-state index contributed by atoms with van der Waals surface area (Å²) in [6, 6.07) is 21.2. The summed E-state index contributed by atoms with van der Waals surface area (Å²) in [6.07, 6.45) is 1.82. The molecule has 3 rings (SSSR count). The van der Waals surface area contributed by atoms with Gasteiger partial charge >= 0.3 is 0 Å². The fraction of sp³-hybridized carbons (Fsp3) is 0.273. The third kappa shape index (κ3) is 4.82. The number of nitrogens with one attached hydrogen (secondary N) is 1. The van der Waals surface area contributed by atoms with Gasteiger partial charge in [-0.1, -0.05) is 60.2 Å². The quantitative estimate of drug-likeness (QED) is 0.666. The molecule has 134 valence electrons. The summed E-state index contributed by atoms with van der Waals surface area (Å²) in [5.41, 5.74) is 3.76. The van der Waals surface area contributed by atoms with Crippen molar-refractivity contribution in [3.05, 3.63) is 83.6 Å². The van der Waals surface area contributed by atoms with Crippen LogP contribution in [0.2, 0.25) is 0 Å². The summed E-state index contributed by atoms with van der Waals surface area (Å²) >= 11 is 0. The molecule has 1 aromatic heterocycles. The number of hydrogen-bond acceptors (Lipinski definition) is 4. The number of aromatic nitrogens is 2. The van der Waals surface area contributed by atoms with E-state index in [4.69, 9.17) is 4.98 Å². The van der Waals surface area contributed by atoms with Gasteiger partial charge in [0.1, 0.15) is 5.82 Å². The van der Waals surface area contributed by atoms with Crippen molar-refractivity contribution in [1.82, 2.24) is 9.97 Å². The molecule has 0 saturated heterocycles. The minimum absolute atomic E-state index is 0.308. The maximum Gasteiger partial charge on any atom is 0.227 e. The van der Waals surface area contributed by atoms with Crippen LogP contribution in [0, 0.1) is 6.92 Å². The van der Waals surface area contributed by atoms with Gasteiger partial charge in [-0.25, -0.2) is 4.98 Å². The smallest absolute Gasteiger partial charge is 0.227 e. The van der Waals surface area contributed by atoms with E-state index in [2.05, 4.69) is 84.5 Å². The zero-order valence-electron chi connectivity index (χ0n) is 15.7. The normalized spacial score (nSPS) is 10.8. The van der Waals surface area contributed by atoms with E-state index >= 15 is 0 Å². The van der Waals surface area contributed by atoms with Crippen LogP contribution in [0.5, 0.6) is 0 Å².